The highest BCUT2D eigenvalue weighted by molar-refractivity contribution is 7.99. The van der Waals surface area contributed by atoms with Gasteiger partial charge in [-0.25, -0.2) is 0 Å². The molecule has 0 aromatic heterocycles. The minimum absolute atomic E-state index is 0.188. The van der Waals surface area contributed by atoms with Gasteiger partial charge in [-0.1, -0.05) is 25.7 Å². The highest BCUT2D eigenvalue weighted by Gasteiger charge is 2.42. The van der Waals surface area contributed by atoms with Crippen LogP contribution in [0.1, 0.15) is 64.2 Å². The summed E-state index contributed by atoms with van der Waals surface area (Å²) >= 11 is 2.09. The Labute approximate surface area is 134 Å². The van der Waals surface area contributed by atoms with Crippen LogP contribution < -0.4 is 11.3 Å². The lowest BCUT2D eigenvalue weighted by Crippen LogP contribution is -2.52. The Hall–Kier alpha value is 0.230. The van der Waals surface area contributed by atoms with Crippen molar-refractivity contribution in [3.63, 3.8) is 0 Å². The van der Waals surface area contributed by atoms with Crippen molar-refractivity contribution in [1.29, 1.82) is 0 Å². The average molecular weight is 313 g/mol. The molecule has 3 aliphatic rings. The van der Waals surface area contributed by atoms with Crippen LogP contribution in [0.3, 0.4) is 0 Å². The van der Waals surface area contributed by atoms with Crippen LogP contribution in [0.4, 0.5) is 0 Å². The standard InChI is InChI=1S/C17H32N2OS/c18-19-16(14-5-3-1-2-4-6-14)15-7-10-20-17(13-15)8-11-21-12-9-17/h14-16,19H,1-13,18H2. The molecule has 3 fully saturated rings. The molecule has 0 aromatic rings. The molecule has 3 rings (SSSR count). The van der Waals surface area contributed by atoms with E-state index in [9.17, 15) is 0 Å². The molecule has 1 aliphatic carbocycles. The number of rotatable bonds is 3. The fourth-order valence-corrected chi connectivity index (χ4v) is 6.03. The summed E-state index contributed by atoms with van der Waals surface area (Å²) in [5, 5.41) is 0. The molecule has 3 N–H and O–H groups in total. The molecule has 21 heavy (non-hydrogen) atoms. The third-order valence-corrected chi connectivity index (χ3v) is 7.03. The zero-order chi connectivity index (χ0) is 14.5. The van der Waals surface area contributed by atoms with Gasteiger partial charge < -0.3 is 4.74 Å². The van der Waals surface area contributed by atoms with Crippen molar-refractivity contribution in [2.75, 3.05) is 18.1 Å². The van der Waals surface area contributed by atoms with E-state index in [1.165, 1.54) is 75.7 Å². The Kier molecular flexibility index (Phi) is 5.88. The van der Waals surface area contributed by atoms with Crippen LogP contribution in [0.15, 0.2) is 0 Å². The molecule has 0 aromatic carbocycles. The SMILES string of the molecule is NNC(C1CCCCCC1)C1CCOC2(CCSCC2)C1. The molecule has 2 aliphatic heterocycles. The molecule has 2 atom stereocenters. The molecule has 1 saturated carbocycles. The van der Waals surface area contributed by atoms with Crippen molar-refractivity contribution in [3.05, 3.63) is 0 Å². The number of nitrogens with one attached hydrogen (secondary N) is 1. The van der Waals surface area contributed by atoms with E-state index in [0.717, 1.165) is 18.4 Å². The Morgan fingerprint density at radius 3 is 2.38 bits per heavy atom. The Morgan fingerprint density at radius 2 is 1.71 bits per heavy atom. The van der Waals surface area contributed by atoms with Gasteiger partial charge in [0.2, 0.25) is 0 Å². The number of hydrazine groups is 1. The maximum Gasteiger partial charge on any atom is 0.0701 e. The van der Waals surface area contributed by atoms with E-state index in [-0.39, 0.29) is 5.60 Å². The van der Waals surface area contributed by atoms with Crippen LogP contribution in [-0.2, 0) is 4.74 Å². The van der Waals surface area contributed by atoms with Crippen molar-refractivity contribution in [2.45, 2.75) is 75.9 Å². The van der Waals surface area contributed by atoms with Gasteiger partial charge in [0.1, 0.15) is 0 Å². The third kappa shape index (κ3) is 3.95. The van der Waals surface area contributed by atoms with Gasteiger partial charge in [0.15, 0.2) is 0 Å². The number of nitrogens with two attached hydrogens (primary N) is 1. The lowest BCUT2D eigenvalue weighted by Gasteiger charge is -2.46. The van der Waals surface area contributed by atoms with Crippen LogP contribution in [0.5, 0.6) is 0 Å². The quantitative estimate of drug-likeness (QED) is 0.476. The molecule has 0 bridgehead atoms. The van der Waals surface area contributed by atoms with Gasteiger partial charge in [0.05, 0.1) is 5.60 Å². The van der Waals surface area contributed by atoms with Gasteiger partial charge in [-0.05, 0) is 61.9 Å². The van der Waals surface area contributed by atoms with Crippen LogP contribution in [0.2, 0.25) is 0 Å². The molecule has 122 valence electrons. The molecule has 2 unspecified atom stereocenters. The van der Waals surface area contributed by atoms with Crippen LogP contribution >= 0.6 is 11.8 Å². The summed E-state index contributed by atoms with van der Waals surface area (Å²) in [6.45, 7) is 0.945. The first-order chi connectivity index (χ1) is 10.3. The summed E-state index contributed by atoms with van der Waals surface area (Å²) in [6, 6.07) is 0.512. The smallest absolute Gasteiger partial charge is 0.0701 e. The highest BCUT2D eigenvalue weighted by atomic mass is 32.2. The fourth-order valence-electron chi connectivity index (χ4n) is 4.79. The fraction of sp³-hybridized carbons (Fsp3) is 1.00. The maximum atomic E-state index is 6.26. The topological polar surface area (TPSA) is 47.3 Å². The number of hydrogen-bond acceptors (Lipinski definition) is 4. The van der Waals surface area contributed by atoms with Crippen molar-refractivity contribution in [1.82, 2.24) is 5.43 Å². The van der Waals surface area contributed by atoms with Crippen molar-refractivity contribution in [2.24, 2.45) is 17.7 Å². The van der Waals surface area contributed by atoms with E-state index in [1.54, 1.807) is 0 Å². The molecular weight excluding hydrogens is 280 g/mol. The van der Waals surface area contributed by atoms with E-state index >= 15 is 0 Å². The minimum Gasteiger partial charge on any atom is -0.375 e. The zero-order valence-electron chi connectivity index (χ0n) is 13.3. The van der Waals surface area contributed by atoms with E-state index in [1.807, 2.05) is 0 Å². The number of thioether (sulfide) groups is 1. The summed E-state index contributed by atoms with van der Waals surface area (Å²) in [5.74, 6) is 10.1. The average Bonchev–Trinajstić information content (AvgIpc) is 2.78. The molecule has 3 nitrogen and oxygen atoms in total. The Bertz CT molecular complexity index is 306. The van der Waals surface area contributed by atoms with Gasteiger partial charge >= 0.3 is 0 Å². The molecule has 0 radical (unpaired) electrons. The molecule has 0 amide bonds. The summed E-state index contributed by atoms with van der Waals surface area (Å²) in [6.07, 6.45) is 13.3. The first-order valence-electron chi connectivity index (χ1n) is 9.01. The lowest BCUT2D eigenvalue weighted by molar-refractivity contribution is -0.110. The second kappa shape index (κ2) is 7.67. The predicted molar refractivity (Wildman–Crippen MR) is 90.3 cm³/mol. The number of ether oxygens (including phenoxy) is 1. The van der Waals surface area contributed by atoms with Crippen molar-refractivity contribution in [3.8, 4) is 0 Å². The van der Waals surface area contributed by atoms with Gasteiger partial charge in [-0.3, -0.25) is 11.3 Å². The van der Waals surface area contributed by atoms with Crippen molar-refractivity contribution < 1.29 is 4.74 Å². The van der Waals surface area contributed by atoms with E-state index < -0.39 is 0 Å². The van der Waals surface area contributed by atoms with Crippen LogP contribution in [-0.4, -0.2) is 29.8 Å². The second-order valence-corrected chi connectivity index (χ2v) is 8.57. The van der Waals surface area contributed by atoms with Gasteiger partial charge in [-0.15, -0.1) is 0 Å². The minimum atomic E-state index is 0.188. The summed E-state index contributed by atoms with van der Waals surface area (Å²) in [4.78, 5) is 0. The van der Waals surface area contributed by atoms with Gasteiger partial charge in [0.25, 0.3) is 0 Å². The third-order valence-electron chi connectivity index (χ3n) is 6.04. The summed E-state index contributed by atoms with van der Waals surface area (Å²) < 4.78 is 6.26. The largest absolute Gasteiger partial charge is 0.375 e. The molecule has 2 heterocycles. The number of hydrogen-bond donors (Lipinski definition) is 2. The maximum absolute atomic E-state index is 6.26. The highest BCUT2D eigenvalue weighted by Crippen LogP contribution is 2.42. The molecule has 2 saturated heterocycles. The Balaban J connectivity index is 1.64. The van der Waals surface area contributed by atoms with E-state index in [2.05, 4.69) is 17.2 Å². The van der Waals surface area contributed by atoms with E-state index in [0.29, 0.717) is 6.04 Å². The van der Waals surface area contributed by atoms with Gasteiger partial charge in [0, 0.05) is 12.6 Å². The summed E-state index contributed by atoms with van der Waals surface area (Å²) in [5.41, 5.74) is 3.42. The molecule has 1 spiro atoms. The normalized spacial score (nSPS) is 32.7. The zero-order valence-corrected chi connectivity index (χ0v) is 14.1. The monoisotopic (exact) mass is 312 g/mol. The van der Waals surface area contributed by atoms with Gasteiger partial charge in [-0.2, -0.15) is 11.8 Å². The lowest BCUT2D eigenvalue weighted by atomic mass is 9.74. The second-order valence-electron chi connectivity index (χ2n) is 7.34. The first-order valence-corrected chi connectivity index (χ1v) is 10.2. The summed E-state index contributed by atoms with van der Waals surface area (Å²) in [7, 11) is 0. The first kappa shape index (κ1) is 16.1. The molecule has 4 heteroatoms. The van der Waals surface area contributed by atoms with Crippen molar-refractivity contribution >= 4 is 11.8 Å². The van der Waals surface area contributed by atoms with Crippen LogP contribution in [0, 0.1) is 11.8 Å². The van der Waals surface area contributed by atoms with Crippen LogP contribution in [0.25, 0.3) is 0 Å². The Morgan fingerprint density at radius 1 is 1.00 bits per heavy atom. The predicted octanol–water partition coefficient (Wildman–Crippen LogP) is 3.48. The molecular formula is C17H32N2OS. The van der Waals surface area contributed by atoms with E-state index in [4.69, 9.17) is 10.6 Å².